The summed E-state index contributed by atoms with van der Waals surface area (Å²) < 4.78 is 13.4. The van der Waals surface area contributed by atoms with E-state index in [2.05, 4.69) is 48.8 Å². The third kappa shape index (κ3) is 4.02. The number of rotatable bonds is 8. The van der Waals surface area contributed by atoms with Gasteiger partial charge in [-0.1, -0.05) is 30.0 Å². The van der Waals surface area contributed by atoms with Gasteiger partial charge in [0.25, 0.3) is 0 Å². The zero-order chi connectivity index (χ0) is 18.5. The molecule has 1 aromatic carbocycles. The van der Waals surface area contributed by atoms with Crippen LogP contribution < -0.4 is 4.74 Å². The van der Waals surface area contributed by atoms with Gasteiger partial charge in [-0.15, -0.1) is 16.8 Å². The Bertz CT molecular complexity index is 898. The Morgan fingerprint density at radius 3 is 2.81 bits per heavy atom. The second-order valence-corrected chi connectivity index (χ2v) is 7.12. The van der Waals surface area contributed by atoms with Gasteiger partial charge in [0.2, 0.25) is 0 Å². The highest BCUT2D eigenvalue weighted by atomic mass is 32.2. The van der Waals surface area contributed by atoms with Crippen LogP contribution in [0.15, 0.2) is 52.8 Å². The van der Waals surface area contributed by atoms with Crippen molar-refractivity contribution in [3.63, 3.8) is 0 Å². The van der Waals surface area contributed by atoms with E-state index in [1.165, 1.54) is 5.56 Å². The molecule has 0 aliphatic heterocycles. The number of aromatic nitrogens is 3. The number of hydrogen-bond acceptors (Lipinski definition) is 5. The van der Waals surface area contributed by atoms with E-state index in [1.54, 1.807) is 18.0 Å². The Kier molecular flexibility index (Phi) is 5.83. The molecule has 0 radical (unpaired) electrons. The lowest BCUT2D eigenvalue weighted by Crippen LogP contribution is -2.05. The summed E-state index contributed by atoms with van der Waals surface area (Å²) in [5.74, 6) is 3.35. The number of hydrogen-bond donors (Lipinski definition) is 0. The average molecular weight is 369 g/mol. The van der Waals surface area contributed by atoms with E-state index in [-0.39, 0.29) is 0 Å². The van der Waals surface area contributed by atoms with Crippen molar-refractivity contribution in [2.45, 2.75) is 32.5 Å². The number of ether oxygens (including phenoxy) is 1. The molecule has 3 rings (SSSR count). The minimum absolute atomic E-state index is 0.607. The molecule has 26 heavy (non-hydrogen) atoms. The van der Waals surface area contributed by atoms with Gasteiger partial charge in [-0.2, -0.15) is 0 Å². The van der Waals surface area contributed by atoms with Crippen LogP contribution in [0.1, 0.15) is 16.9 Å². The van der Waals surface area contributed by atoms with Crippen molar-refractivity contribution in [2.75, 3.05) is 12.4 Å². The average Bonchev–Trinajstić information content (AvgIpc) is 3.21. The smallest absolute Gasteiger partial charge is 0.191 e. The lowest BCUT2D eigenvalue weighted by atomic mass is 10.1. The number of allylic oxidation sites excluding steroid dienone is 1. The lowest BCUT2D eigenvalue weighted by molar-refractivity contribution is 0.341. The zero-order valence-corrected chi connectivity index (χ0v) is 16.2. The van der Waals surface area contributed by atoms with E-state index in [1.807, 2.05) is 23.6 Å². The molecular formula is C20H23N3O2S. The quantitative estimate of drug-likeness (QED) is 0.324. The maximum atomic E-state index is 5.92. The predicted octanol–water partition coefficient (Wildman–Crippen LogP) is 4.82. The first-order chi connectivity index (χ1) is 12.6. The van der Waals surface area contributed by atoms with E-state index < -0.39 is 0 Å². The van der Waals surface area contributed by atoms with Gasteiger partial charge < -0.3 is 9.15 Å². The number of furan rings is 1. The summed E-state index contributed by atoms with van der Waals surface area (Å²) in [6, 6.07) is 8.16. The molecule has 2 heterocycles. The first-order valence-corrected chi connectivity index (χ1v) is 9.50. The minimum atomic E-state index is 0.607. The van der Waals surface area contributed by atoms with Crippen LogP contribution in [0, 0.1) is 20.8 Å². The third-order valence-corrected chi connectivity index (χ3v) is 4.97. The highest BCUT2D eigenvalue weighted by Crippen LogP contribution is 2.27. The largest absolute Gasteiger partial charge is 0.492 e. The summed E-state index contributed by atoms with van der Waals surface area (Å²) >= 11 is 1.63. The molecule has 0 unspecified atom stereocenters. The Morgan fingerprint density at radius 2 is 2.08 bits per heavy atom. The van der Waals surface area contributed by atoms with Crippen molar-refractivity contribution >= 4 is 11.8 Å². The van der Waals surface area contributed by atoms with Gasteiger partial charge >= 0.3 is 0 Å². The summed E-state index contributed by atoms with van der Waals surface area (Å²) in [7, 11) is 0. The maximum Gasteiger partial charge on any atom is 0.191 e. The van der Waals surface area contributed by atoms with Gasteiger partial charge in [0.05, 0.1) is 18.4 Å². The molecule has 0 aliphatic carbocycles. The van der Waals surface area contributed by atoms with Gasteiger partial charge in [0.15, 0.2) is 11.0 Å². The fourth-order valence-electron chi connectivity index (χ4n) is 2.65. The highest BCUT2D eigenvalue weighted by Gasteiger charge is 2.16. The molecule has 0 atom stereocenters. The predicted molar refractivity (Wildman–Crippen MR) is 105 cm³/mol. The van der Waals surface area contributed by atoms with Crippen molar-refractivity contribution in [3.8, 4) is 17.1 Å². The van der Waals surface area contributed by atoms with Gasteiger partial charge in [-0.3, -0.25) is 4.57 Å². The third-order valence-electron chi connectivity index (χ3n) is 4.04. The molecule has 0 bridgehead atoms. The maximum absolute atomic E-state index is 5.92. The van der Waals surface area contributed by atoms with E-state index in [0.717, 1.165) is 39.4 Å². The number of aryl methyl sites for hydroxylation is 3. The van der Waals surface area contributed by atoms with Crippen molar-refractivity contribution in [1.82, 2.24) is 14.8 Å². The Balaban J connectivity index is 1.66. The topological polar surface area (TPSA) is 53.1 Å². The molecule has 2 aromatic heterocycles. The summed E-state index contributed by atoms with van der Waals surface area (Å²) in [4.78, 5) is 0. The van der Waals surface area contributed by atoms with Crippen LogP contribution in [-0.2, 0) is 6.54 Å². The van der Waals surface area contributed by atoms with Crippen LogP contribution in [0.25, 0.3) is 11.4 Å². The van der Waals surface area contributed by atoms with E-state index in [4.69, 9.17) is 9.15 Å². The van der Waals surface area contributed by atoms with Crippen LogP contribution in [0.4, 0.5) is 0 Å². The monoisotopic (exact) mass is 369 g/mol. The normalized spacial score (nSPS) is 10.9. The van der Waals surface area contributed by atoms with Gasteiger partial charge in [-0.05, 0) is 44.0 Å². The van der Waals surface area contributed by atoms with E-state index in [9.17, 15) is 0 Å². The molecule has 0 spiro atoms. The van der Waals surface area contributed by atoms with Crippen LogP contribution >= 0.6 is 11.8 Å². The van der Waals surface area contributed by atoms with E-state index >= 15 is 0 Å². The van der Waals surface area contributed by atoms with Gasteiger partial charge in [-0.25, -0.2) is 0 Å². The Morgan fingerprint density at radius 1 is 1.23 bits per heavy atom. The Labute approximate surface area is 158 Å². The molecule has 3 aromatic rings. The fourth-order valence-corrected chi connectivity index (χ4v) is 3.42. The second kappa shape index (κ2) is 8.27. The molecule has 136 valence electrons. The molecule has 0 fully saturated rings. The molecule has 0 saturated heterocycles. The lowest BCUT2D eigenvalue weighted by Gasteiger charge is -2.10. The van der Waals surface area contributed by atoms with Crippen LogP contribution in [0.5, 0.6) is 5.75 Å². The van der Waals surface area contributed by atoms with Crippen molar-refractivity contribution in [2.24, 2.45) is 0 Å². The summed E-state index contributed by atoms with van der Waals surface area (Å²) in [5.41, 5.74) is 3.30. The zero-order valence-electron chi connectivity index (χ0n) is 15.4. The van der Waals surface area contributed by atoms with Crippen molar-refractivity contribution < 1.29 is 9.15 Å². The molecule has 0 saturated carbocycles. The van der Waals surface area contributed by atoms with Gasteiger partial charge in [0, 0.05) is 12.3 Å². The van der Waals surface area contributed by atoms with Crippen molar-refractivity contribution in [3.05, 3.63) is 60.1 Å². The SMILES string of the molecule is C=CCn1c(SCCOc2cc(C)ccc2C)nnc1-c1ccoc1C. The molecule has 0 amide bonds. The standard InChI is InChI=1S/C20H23N3O2S/c1-5-9-23-19(17-8-10-24-16(17)4)21-22-20(23)26-12-11-25-18-13-14(2)6-7-15(18)3/h5-8,10,13H,1,9,11-12H2,2-4H3. The van der Waals surface area contributed by atoms with Crippen LogP contribution in [0.2, 0.25) is 0 Å². The number of thioether (sulfide) groups is 1. The second-order valence-electron chi connectivity index (χ2n) is 6.06. The number of nitrogens with zero attached hydrogens (tertiary/aromatic N) is 3. The van der Waals surface area contributed by atoms with E-state index in [0.29, 0.717) is 13.2 Å². The highest BCUT2D eigenvalue weighted by molar-refractivity contribution is 7.99. The van der Waals surface area contributed by atoms with Crippen LogP contribution in [0.3, 0.4) is 0 Å². The minimum Gasteiger partial charge on any atom is -0.492 e. The van der Waals surface area contributed by atoms with Crippen LogP contribution in [-0.4, -0.2) is 27.1 Å². The molecule has 0 aliphatic rings. The molecule has 6 heteroatoms. The first-order valence-electron chi connectivity index (χ1n) is 8.51. The molecule has 0 N–H and O–H groups in total. The summed E-state index contributed by atoms with van der Waals surface area (Å²) in [6.07, 6.45) is 3.52. The molecule has 5 nitrogen and oxygen atoms in total. The van der Waals surface area contributed by atoms with Crippen molar-refractivity contribution in [1.29, 1.82) is 0 Å². The summed E-state index contributed by atoms with van der Waals surface area (Å²) in [5, 5.41) is 9.54. The Hall–Kier alpha value is -2.47. The van der Waals surface area contributed by atoms with Gasteiger partial charge in [0.1, 0.15) is 11.5 Å². The first kappa shape index (κ1) is 18.3. The number of benzene rings is 1. The molecular weight excluding hydrogens is 346 g/mol. The summed E-state index contributed by atoms with van der Waals surface area (Å²) in [6.45, 7) is 11.1. The fraction of sp³-hybridized carbons (Fsp3) is 0.300.